The second-order valence-corrected chi connectivity index (χ2v) is 3.68. The van der Waals surface area contributed by atoms with Crippen LogP contribution < -0.4 is 0 Å². The monoisotopic (exact) mass is 259 g/mol. The van der Waals surface area contributed by atoms with Gasteiger partial charge in [0.15, 0.2) is 0 Å². The summed E-state index contributed by atoms with van der Waals surface area (Å²) in [5, 5.41) is 19.7. The van der Waals surface area contributed by atoms with E-state index in [0.29, 0.717) is 11.3 Å². The third-order valence-corrected chi connectivity index (χ3v) is 2.45. The maximum absolute atomic E-state index is 11.2. The summed E-state index contributed by atoms with van der Waals surface area (Å²) < 4.78 is 5.05. The number of carboxylic acids is 1. The number of carbonyl (C=O) groups is 1. The predicted octanol–water partition coefficient (Wildman–Crippen LogP) is 2.81. The molecule has 0 aliphatic carbocycles. The molecule has 0 bridgehead atoms. The Morgan fingerprint density at radius 3 is 2.42 bits per heavy atom. The summed E-state index contributed by atoms with van der Waals surface area (Å²) in [4.78, 5) is 21.2. The Morgan fingerprint density at radius 1 is 1.26 bits per heavy atom. The number of nitro groups is 1. The number of benzene rings is 1. The molecule has 96 valence electrons. The van der Waals surface area contributed by atoms with Crippen molar-refractivity contribution in [1.29, 1.82) is 0 Å². The van der Waals surface area contributed by atoms with Crippen LogP contribution >= 0.6 is 0 Å². The van der Waals surface area contributed by atoms with Gasteiger partial charge in [0.1, 0.15) is 5.76 Å². The van der Waals surface area contributed by atoms with Crippen LogP contribution in [0.4, 0.5) is 5.69 Å². The fourth-order valence-corrected chi connectivity index (χ4v) is 1.55. The van der Waals surface area contributed by atoms with Gasteiger partial charge in [-0.3, -0.25) is 10.1 Å². The van der Waals surface area contributed by atoms with E-state index in [9.17, 15) is 14.9 Å². The molecule has 0 saturated carbocycles. The second-order valence-electron chi connectivity index (χ2n) is 3.68. The van der Waals surface area contributed by atoms with E-state index in [0.717, 1.165) is 0 Å². The van der Waals surface area contributed by atoms with Gasteiger partial charge in [-0.05, 0) is 35.9 Å². The lowest BCUT2D eigenvalue weighted by atomic mass is 10.0. The van der Waals surface area contributed by atoms with E-state index < -0.39 is 10.9 Å². The number of aliphatic carboxylic acids is 1. The molecular formula is C13H9NO5. The molecule has 0 fully saturated rings. The van der Waals surface area contributed by atoms with E-state index in [1.54, 1.807) is 12.1 Å². The van der Waals surface area contributed by atoms with Crippen LogP contribution in [0.5, 0.6) is 0 Å². The molecular weight excluding hydrogens is 250 g/mol. The number of nitrogens with zero attached hydrogens (tertiary/aromatic N) is 1. The third-order valence-electron chi connectivity index (χ3n) is 2.45. The predicted molar refractivity (Wildman–Crippen MR) is 67.3 cm³/mol. The quantitative estimate of drug-likeness (QED) is 0.517. The zero-order chi connectivity index (χ0) is 13.8. The molecule has 0 amide bonds. The molecule has 0 radical (unpaired) electrons. The lowest BCUT2D eigenvalue weighted by Crippen LogP contribution is -1.99. The number of rotatable bonds is 4. The minimum Gasteiger partial charge on any atom is -0.478 e. The minimum atomic E-state index is -1.13. The summed E-state index contributed by atoms with van der Waals surface area (Å²) in [5.74, 6) is -0.735. The fourth-order valence-electron chi connectivity index (χ4n) is 1.55. The topological polar surface area (TPSA) is 93.6 Å². The van der Waals surface area contributed by atoms with Gasteiger partial charge in [-0.2, -0.15) is 0 Å². The zero-order valence-electron chi connectivity index (χ0n) is 9.65. The van der Waals surface area contributed by atoms with Crippen LogP contribution in [0.3, 0.4) is 0 Å². The van der Waals surface area contributed by atoms with Crippen molar-refractivity contribution in [3.63, 3.8) is 0 Å². The van der Waals surface area contributed by atoms with Gasteiger partial charge in [0.05, 0.1) is 16.8 Å². The Hall–Kier alpha value is -2.89. The van der Waals surface area contributed by atoms with Crippen molar-refractivity contribution < 1.29 is 19.2 Å². The van der Waals surface area contributed by atoms with Crippen molar-refractivity contribution >= 4 is 23.3 Å². The first-order valence-electron chi connectivity index (χ1n) is 5.31. The molecule has 0 aliphatic heterocycles. The van der Waals surface area contributed by atoms with Crippen LogP contribution in [-0.2, 0) is 4.79 Å². The summed E-state index contributed by atoms with van der Waals surface area (Å²) in [5.41, 5.74) is 0.283. The van der Waals surface area contributed by atoms with Crippen LogP contribution in [0, 0.1) is 10.1 Å². The van der Waals surface area contributed by atoms with Crippen LogP contribution in [0.15, 0.2) is 47.1 Å². The molecule has 6 heteroatoms. The lowest BCUT2D eigenvalue weighted by Gasteiger charge is -2.01. The number of furan rings is 1. The third kappa shape index (κ3) is 2.86. The van der Waals surface area contributed by atoms with Gasteiger partial charge in [-0.15, -0.1) is 0 Å². The Balaban J connectivity index is 2.40. The average Bonchev–Trinajstić information content (AvgIpc) is 2.88. The number of hydrogen-bond acceptors (Lipinski definition) is 4. The molecule has 1 N–H and O–H groups in total. The van der Waals surface area contributed by atoms with E-state index in [1.807, 2.05) is 0 Å². The maximum atomic E-state index is 11.2. The van der Waals surface area contributed by atoms with Gasteiger partial charge in [-0.25, -0.2) is 4.79 Å². The molecule has 2 aromatic rings. The van der Waals surface area contributed by atoms with E-state index in [2.05, 4.69) is 0 Å². The second kappa shape index (κ2) is 5.18. The van der Waals surface area contributed by atoms with Gasteiger partial charge in [0.2, 0.25) is 0 Å². The smallest absolute Gasteiger partial charge is 0.336 e. The van der Waals surface area contributed by atoms with E-state index in [1.165, 1.54) is 36.6 Å². The van der Waals surface area contributed by atoms with Crippen molar-refractivity contribution in [1.82, 2.24) is 0 Å². The number of non-ortho nitro benzene ring substituents is 1. The molecule has 0 unspecified atom stereocenters. The van der Waals surface area contributed by atoms with Crippen LogP contribution in [0.2, 0.25) is 0 Å². The van der Waals surface area contributed by atoms with E-state index in [-0.39, 0.29) is 11.3 Å². The molecule has 1 heterocycles. The number of hydrogen-bond donors (Lipinski definition) is 1. The molecule has 6 nitrogen and oxygen atoms in total. The zero-order valence-corrected chi connectivity index (χ0v) is 9.65. The largest absolute Gasteiger partial charge is 0.478 e. The molecule has 1 aromatic heterocycles. The summed E-state index contributed by atoms with van der Waals surface area (Å²) in [6.45, 7) is 0. The lowest BCUT2D eigenvalue weighted by molar-refractivity contribution is -0.384. The van der Waals surface area contributed by atoms with Gasteiger partial charge in [0, 0.05) is 12.1 Å². The standard InChI is InChI=1S/C13H9NO5/c15-13(16)12(8-11-2-1-7-19-11)9-3-5-10(6-4-9)14(17)18/h1-8H,(H,15,16)/b12-8+. The van der Waals surface area contributed by atoms with Gasteiger partial charge < -0.3 is 9.52 Å². The van der Waals surface area contributed by atoms with Crippen molar-refractivity contribution in [3.8, 4) is 0 Å². The Bertz CT molecular complexity index is 626. The van der Waals surface area contributed by atoms with E-state index >= 15 is 0 Å². The summed E-state index contributed by atoms with van der Waals surface area (Å²) in [6, 6.07) is 8.56. The molecule has 0 atom stereocenters. The van der Waals surface area contributed by atoms with E-state index in [4.69, 9.17) is 9.52 Å². The Morgan fingerprint density at radius 2 is 1.95 bits per heavy atom. The SMILES string of the molecule is O=C(O)/C(=C/c1ccco1)c1ccc([N+](=O)[O-])cc1. The highest BCUT2D eigenvalue weighted by Gasteiger charge is 2.13. The summed E-state index contributed by atoms with van der Waals surface area (Å²) >= 11 is 0. The normalized spacial score (nSPS) is 11.3. The van der Waals surface area contributed by atoms with Gasteiger partial charge >= 0.3 is 5.97 Å². The Kier molecular flexibility index (Phi) is 3.42. The van der Waals surface area contributed by atoms with Crippen molar-refractivity contribution in [2.75, 3.05) is 0 Å². The molecule has 19 heavy (non-hydrogen) atoms. The van der Waals surface area contributed by atoms with Crippen molar-refractivity contribution in [3.05, 3.63) is 64.1 Å². The molecule has 1 aromatic carbocycles. The molecule has 0 spiro atoms. The van der Waals surface area contributed by atoms with Crippen molar-refractivity contribution in [2.45, 2.75) is 0 Å². The minimum absolute atomic E-state index is 0.00449. The fraction of sp³-hybridized carbons (Fsp3) is 0. The Labute approximate surface area is 107 Å². The first-order chi connectivity index (χ1) is 9.08. The summed E-state index contributed by atoms with van der Waals surface area (Å²) in [7, 11) is 0. The average molecular weight is 259 g/mol. The molecule has 0 aliphatic rings. The molecule has 0 saturated heterocycles. The van der Waals surface area contributed by atoms with Crippen molar-refractivity contribution in [2.24, 2.45) is 0 Å². The van der Waals surface area contributed by atoms with Crippen LogP contribution in [0.1, 0.15) is 11.3 Å². The molecule has 2 rings (SSSR count). The maximum Gasteiger partial charge on any atom is 0.336 e. The highest BCUT2D eigenvalue weighted by molar-refractivity contribution is 6.20. The highest BCUT2D eigenvalue weighted by Crippen LogP contribution is 2.21. The first-order valence-corrected chi connectivity index (χ1v) is 5.31. The summed E-state index contributed by atoms with van der Waals surface area (Å²) in [6.07, 6.45) is 2.80. The van der Waals surface area contributed by atoms with Crippen LogP contribution in [0.25, 0.3) is 11.6 Å². The van der Waals surface area contributed by atoms with Gasteiger partial charge in [0.25, 0.3) is 5.69 Å². The van der Waals surface area contributed by atoms with Crippen LogP contribution in [-0.4, -0.2) is 16.0 Å². The number of carboxylic acid groups (broad SMARTS) is 1. The first kappa shape index (κ1) is 12.6. The van der Waals surface area contributed by atoms with Gasteiger partial charge in [-0.1, -0.05) is 0 Å². The number of nitro benzene ring substituents is 1. The highest BCUT2D eigenvalue weighted by atomic mass is 16.6.